The number of hydrogen-bond donors (Lipinski definition) is 0. The van der Waals surface area contributed by atoms with Crippen LogP contribution in [0.25, 0.3) is 11.0 Å². The monoisotopic (exact) mass is 349 g/mol. The molecule has 0 saturated carbocycles. The molecule has 2 rings (SSSR count). The number of rotatable bonds is 7. The van der Waals surface area contributed by atoms with E-state index in [1.165, 1.54) is 59.4 Å². The van der Waals surface area contributed by atoms with Gasteiger partial charge in [-0.3, -0.25) is 0 Å². The van der Waals surface area contributed by atoms with Crippen LogP contribution in [0.15, 0.2) is 4.52 Å². The van der Waals surface area contributed by atoms with Gasteiger partial charge in [-0.15, -0.1) is 11.3 Å². The zero-order chi connectivity index (χ0) is 18.0. The lowest BCUT2D eigenvalue weighted by atomic mass is 9.89. The van der Waals surface area contributed by atoms with Crippen molar-refractivity contribution in [3.8, 4) is 0 Å². The Hall–Kier alpha value is -0.830. The van der Waals surface area contributed by atoms with Gasteiger partial charge < -0.3 is 4.52 Å². The highest BCUT2D eigenvalue weighted by molar-refractivity contribution is 7.14. The molecule has 0 aromatic carbocycles. The molecule has 0 amide bonds. The second-order valence-electron chi connectivity index (χ2n) is 9.11. The van der Waals surface area contributed by atoms with Gasteiger partial charge in [0.1, 0.15) is 0 Å². The average molecular weight is 350 g/mol. The summed E-state index contributed by atoms with van der Waals surface area (Å²) in [6.45, 7) is 16.0. The average Bonchev–Trinajstić information content (AvgIpc) is 3.01. The Kier molecular flexibility index (Phi) is 6.17. The summed E-state index contributed by atoms with van der Waals surface area (Å²) in [5, 5.41) is 5.78. The highest BCUT2D eigenvalue weighted by atomic mass is 32.1. The third-order valence-corrected chi connectivity index (χ3v) is 6.55. The molecular formula is C21H35NOS. The molecule has 0 unspecified atom stereocenters. The van der Waals surface area contributed by atoms with E-state index in [0.29, 0.717) is 0 Å². The lowest BCUT2D eigenvalue weighted by molar-refractivity contribution is 0.436. The molecular weight excluding hydrogens is 314 g/mol. The summed E-state index contributed by atoms with van der Waals surface area (Å²) in [5.41, 5.74) is 2.45. The van der Waals surface area contributed by atoms with Crippen molar-refractivity contribution >= 4 is 22.3 Å². The molecule has 0 radical (unpaired) electrons. The van der Waals surface area contributed by atoms with Gasteiger partial charge in [0.05, 0.1) is 16.0 Å². The molecule has 2 aromatic rings. The van der Waals surface area contributed by atoms with Crippen LogP contribution >= 0.6 is 11.3 Å². The second kappa shape index (κ2) is 7.59. The van der Waals surface area contributed by atoms with Crippen LogP contribution in [0.1, 0.15) is 102 Å². The van der Waals surface area contributed by atoms with E-state index in [-0.39, 0.29) is 10.8 Å². The van der Waals surface area contributed by atoms with Gasteiger partial charge in [0, 0.05) is 10.3 Å². The van der Waals surface area contributed by atoms with E-state index in [1.807, 2.05) is 11.3 Å². The van der Waals surface area contributed by atoms with Crippen LogP contribution < -0.4 is 0 Å². The van der Waals surface area contributed by atoms with Gasteiger partial charge in [0.25, 0.3) is 0 Å². The summed E-state index contributed by atoms with van der Waals surface area (Å²) in [6.07, 6.45) is 8.95. The molecule has 0 N–H and O–H groups in total. The molecule has 24 heavy (non-hydrogen) atoms. The van der Waals surface area contributed by atoms with Crippen molar-refractivity contribution in [1.82, 2.24) is 5.16 Å². The van der Waals surface area contributed by atoms with Crippen LogP contribution in [-0.2, 0) is 17.3 Å². The minimum atomic E-state index is 0.101. The van der Waals surface area contributed by atoms with Crippen molar-refractivity contribution in [2.45, 2.75) is 104 Å². The van der Waals surface area contributed by atoms with E-state index in [2.05, 4.69) is 53.6 Å². The molecule has 0 saturated heterocycles. The molecule has 2 nitrogen and oxygen atoms in total. The van der Waals surface area contributed by atoms with Crippen LogP contribution in [0, 0.1) is 0 Å². The Bertz CT molecular complexity index is 652. The van der Waals surface area contributed by atoms with Crippen LogP contribution in [0.5, 0.6) is 0 Å². The van der Waals surface area contributed by atoms with E-state index in [1.54, 1.807) is 0 Å². The highest BCUT2D eigenvalue weighted by Crippen LogP contribution is 2.45. The summed E-state index contributed by atoms with van der Waals surface area (Å²) in [5.74, 6) is 0. The molecule has 2 heterocycles. The lowest BCUT2D eigenvalue weighted by Gasteiger charge is -2.18. The number of hydrogen-bond acceptors (Lipinski definition) is 3. The van der Waals surface area contributed by atoms with E-state index < -0.39 is 0 Å². The first-order chi connectivity index (χ1) is 11.2. The van der Waals surface area contributed by atoms with Gasteiger partial charge in [-0.2, -0.15) is 0 Å². The Morgan fingerprint density at radius 3 is 2.00 bits per heavy atom. The topological polar surface area (TPSA) is 26.0 Å². The lowest BCUT2D eigenvalue weighted by Crippen LogP contribution is -2.10. The molecule has 0 aliphatic carbocycles. The third-order valence-electron chi connectivity index (χ3n) is 4.53. The molecule has 2 aromatic heterocycles. The zero-order valence-corrected chi connectivity index (χ0v) is 17.5. The molecule has 136 valence electrons. The van der Waals surface area contributed by atoms with Crippen molar-refractivity contribution in [2.75, 3.05) is 0 Å². The second-order valence-corrected chi connectivity index (χ2v) is 10.1. The fourth-order valence-electron chi connectivity index (χ4n) is 3.18. The Morgan fingerprint density at radius 2 is 1.42 bits per heavy atom. The fraction of sp³-hybridized carbons (Fsp3) is 0.762. The summed E-state index contributed by atoms with van der Waals surface area (Å²) < 4.78 is 5.84. The minimum absolute atomic E-state index is 0.101. The Morgan fingerprint density at radius 1 is 0.833 bits per heavy atom. The van der Waals surface area contributed by atoms with Crippen molar-refractivity contribution in [2.24, 2.45) is 0 Å². The predicted molar refractivity (Wildman–Crippen MR) is 106 cm³/mol. The van der Waals surface area contributed by atoms with Gasteiger partial charge in [0.2, 0.25) is 0 Å². The quantitative estimate of drug-likeness (QED) is 0.487. The van der Waals surface area contributed by atoms with Crippen molar-refractivity contribution in [1.29, 1.82) is 0 Å². The number of fused-ring (bicyclic) bond motifs is 1. The number of nitrogens with zero attached hydrogens (tertiary/aromatic N) is 1. The Balaban J connectivity index is 2.24. The normalized spacial score (nSPS) is 13.1. The summed E-state index contributed by atoms with van der Waals surface area (Å²) in [4.78, 5) is 2.77. The van der Waals surface area contributed by atoms with Crippen molar-refractivity contribution in [3.63, 3.8) is 0 Å². The number of unbranched alkanes of at least 4 members (excludes halogenated alkanes) is 5. The van der Waals surface area contributed by atoms with E-state index in [4.69, 9.17) is 4.52 Å². The first kappa shape index (κ1) is 19.5. The SMILES string of the molecule is CCCCCCCCc1noc2c(C(C)(C)C)sc(C(C)(C)C)c12. The summed E-state index contributed by atoms with van der Waals surface area (Å²) in [6, 6.07) is 0. The number of thiophene rings is 1. The summed E-state index contributed by atoms with van der Waals surface area (Å²) in [7, 11) is 0. The van der Waals surface area contributed by atoms with Gasteiger partial charge in [-0.1, -0.05) is 85.7 Å². The molecule has 0 bridgehead atoms. The van der Waals surface area contributed by atoms with Crippen LogP contribution in [0.3, 0.4) is 0 Å². The van der Waals surface area contributed by atoms with E-state index >= 15 is 0 Å². The first-order valence-corrected chi connectivity index (χ1v) is 10.4. The maximum atomic E-state index is 5.84. The zero-order valence-electron chi connectivity index (χ0n) is 16.7. The third kappa shape index (κ3) is 4.41. The van der Waals surface area contributed by atoms with E-state index in [9.17, 15) is 0 Å². The van der Waals surface area contributed by atoms with E-state index in [0.717, 1.165) is 12.0 Å². The van der Waals surface area contributed by atoms with Crippen molar-refractivity contribution in [3.05, 3.63) is 15.4 Å². The predicted octanol–water partition coefficient (Wildman–Crippen LogP) is 7.39. The van der Waals surface area contributed by atoms with Gasteiger partial charge in [-0.25, -0.2) is 0 Å². The molecule has 0 atom stereocenters. The largest absolute Gasteiger partial charge is 0.355 e. The van der Waals surface area contributed by atoms with Gasteiger partial charge >= 0.3 is 0 Å². The van der Waals surface area contributed by atoms with Crippen molar-refractivity contribution < 1.29 is 4.52 Å². The van der Waals surface area contributed by atoms with Gasteiger partial charge in [0.15, 0.2) is 5.58 Å². The number of aromatic nitrogens is 1. The minimum Gasteiger partial charge on any atom is -0.355 e. The molecule has 0 spiro atoms. The molecule has 3 heteroatoms. The maximum absolute atomic E-state index is 5.84. The molecule has 0 aliphatic heterocycles. The highest BCUT2D eigenvalue weighted by Gasteiger charge is 2.31. The van der Waals surface area contributed by atoms with Crippen LogP contribution in [0.2, 0.25) is 0 Å². The Labute approximate surface area is 152 Å². The molecule has 0 aliphatic rings. The molecule has 0 fully saturated rings. The first-order valence-electron chi connectivity index (χ1n) is 9.58. The van der Waals surface area contributed by atoms with Gasteiger partial charge in [-0.05, 0) is 18.3 Å². The fourth-order valence-corrected chi connectivity index (χ4v) is 4.54. The maximum Gasteiger partial charge on any atom is 0.181 e. The number of aryl methyl sites for hydroxylation is 1. The standard InChI is InChI=1S/C21H35NOS/c1-8-9-10-11-12-13-14-15-16-17(23-22-15)19(21(5,6)7)24-18(16)20(2,3)4/h8-14H2,1-7H3. The smallest absolute Gasteiger partial charge is 0.181 e. The summed E-state index contributed by atoms with van der Waals surface area (Å²) >= 11 is 1.92. The van der Waals surface area contributed by atoms with Crippen LogP contribution in [0.4, 0.5) is 0 Å². The van der Waals surface area contributed by atoms with Crippen LogP contribution in [-0.4, -0.2) is 5.16 Å².